The smallest absolute Gasteiger partial charge is 0.270 e. The highest BCUT2D eigenvalue weighted by Gasteiger charge is 2.11. The average Bonchev–Trinajstić information content (AvgIpc) is 2.39. The van der Waals surface area contributed by atoms with Crippen molar-refractivity contribution in [3.05, 3.63) is 61.6 Å². The first-order valence-corrected chi connectivity index (χ1v) is 7.74. The van der Waals surface area contributed by atoms with Gasteiger partial charge in [0.2, 0.25) is 0 Å². The van der Waals surface area contributed by atoms with Crippen molar-refractivity contribution in [2.45, 2.75) is 10.6 Å². The van der Waals surface area contributed by atoms with Gasteiger partial charge in [0.05, 0.1) is 9.95 Å². The van der Waals surface area contributed by atoms with E-state index in [0.717, 1.165) is 10.5 Å². The molecule has 0 unspecified atom stereocenters. The predicted molar refractivity (Wildman–Crippen MR) is 86.2 cm³/mol. The Labute approximate surface area is 133 Å². The fourth-order valence-electron chi connectivity index (χ4n) is 1.59. The maximum absolute atomic E-state index is 10.7. The molecule has 0 bridgehead atoms. The van der Waals surface area contributed by atoms with E-state index in [9.17, 15) is 10.1 Å². The van der Waals surface area contributed by atoms with Crippen LogP contribution in [0.4, 0.5) is 11.4 Å². The van der Waals surface area contributed by atoms with Gasteiger partial charge in [0.15, 0.2) is 0 Å². The summed E-state index contributed by atoms with van der Waals surface area (Å²) in [6.45, 7) is 0. The van der Waals surface area contributed by atoms with Crippen LogP contribution >= 0.6 is 39.3 Å². The van der Waals surface area contributed by atoms with Gasteiger partial charge in [0.1, 0.15) is 0 Å². The van der Waals surface area contributed by atoms with Crippen molar-refractivity contribution in [3.63, 3.8) is 0 Å². The van der Waals surface area contributed by atoms with Crippen molar-refractivity contribution < 1.29 is 4.92 Å². The van der Waals surface area contributed by atoms with E-state index >= 15 is 0 Å². The van der Waals surface area contributed by atoms with Crippen LogP contribution in [0.1, 0.15) is 5.56 Å². The van der Waals surface area contributed by atoms with Gasteiger partial charge in [-0.2, -0.15) is 0 Å². The first kappa shape index (κ1) is 15.2. The van der Waals surface area contributed by atoms with Crippen molar-refractivity contribution in [3.8, 4) is 0 Å². The summed E-state index contributed by atoms with van der Waals surface area (Å²) < 4.78 is 0.699. The molecular formula is C13H10BrClN2O2S. The number of rotatable bonds is 4. The van der Waals surface area contributed by atoms with E-state index in [4.69, 9.17) is 17.3 Å². The molecule has 2 aromatic carbocycles. The van der Waals surface area contributed by atoms with Gasteiger partial charge >= 0.3 is 0 Å². The molecule has 2 rings (SSSR count). The molecule has 0 spiro atoms. The lowest BCUT2D eigenvalue weighted by Gasteiger charge is -2.08. The third-order valence-electron chi connectivity index (χ3n) is 2.62. The maximum atomic E-state index is 10.7. The highest BCUT2D eigenvalue weighted by Crippen LogP contribution is 2.36. The predicted octanol–water partition coefficient (Wildman–Crippen LogP) is 4.89. The molecule has 0 aliphatic carbocycles. The monoisotopic (exact) mass is 372 g/mol. The molecule has 0 aliphatic rings. The lowest BCUT2D eigenvalue weighted by molar-refractivity contribution is -0.384. The normalized spacial score (nSPS) is 10.5. The molecule has 0 saturated heterocycles. The summed E-state index contributed by atoms with van der Waals surface area (Å²) in [5, 5.41) is 11.3. The summed E-state index contributed by atoms with van der Waals surface area (Å²) in [5.41, 5.74) is 7.51. The third-order valence-corrected chi connectivity index (χ3v) is 4.98. The molecule has 2 N–H and O–H groups in total. The van der Waals surface area contributed by atoms with Crippen LogP contribution in [0.15, 0.2) is 45.8 Å². The Morgan fingerprint density at radius 2 is 2.10 bits per heavy atom. The van der Waals surface area contributed by atoms with E-state index in [0.29, 0.717) is 20.9 Å². The largest absolute Gasteiger partial charge is 0.398 e. The Balaban J connectivity index is 2.17. The molecule has 0 amide bonds. The topological polar surface area (TPSA) is 69.2 Å². The first-order valence-electron chi connectivity index (χ1n) is 5.58. The zero-order valence-corrected chi connectivity index (χ0v) is 13.3. The van der Waals surface area contributed by atoms with Gasteiger partial charge in [-0.1, -0.05) is 39.7 Å². The summed E-state index contributed by atoms with van der Waals surface area (Å²) in [7, 11) is 0. The Kier molecular flexibility index (Phi) is 4.91. The molecule has 4 nitrogen and oxygen atoms in total. The van der Waals surface area contributed by atoms with Crippen molar-refractivity contribution in [1.29, 1.82) is 0 Å². The standard InChI is InChI=1S/C13H10BrClN2O2S/c14-10-6-9(17(18)19)5-4-8(10)7-20-13-11(15)2-1-3-12(13)16/h1-6H,7,16H2. The fourth-order valence-corrected chi connectivity index (χ4v) is 3.62. The van der Waals surface area contributed by atoms with Gasteiger partial charge < -0.3 is 5.73 Å². The molecule has 0 heterocycles. The van der Waals surface area contributed by atoms with E-state index < -0.39 is 4.92 Å². The minimum absolute atomic E-state index is 0.0582. The highest BCUT2D eigenvalue weighted by atomic mass is 79.9. The second kappa shape index (κ2) is 6.47. The number of non-ortho nitro benzene ring substituents is 1. The minimum atomic E-state index is -0.423. The summed E-state index contributed by atoms with van der Waals surface area (Å²) in [4.78, 5) is 11.1. The average molecular weight is 374 g/mol. The molecule has 0 atom stereocenters. The van der Waals surface area contributed by atoms with E-state index in [1.165, 1.54) is 23.9 Å². The minimum Gasteiger partial charge on any atom is -0.398 e. The quantitative estimate of drug-likeness (QED) is 0.359. The van der Waals surface area contributed by atoms with Crippen molar-refractivity contribution >= 4 is 50.7 Å². The van der Waals surface area contributed by atoms with E-state index in [1.807, 2.05) is 0 Å². The molecule has 2 aromatic rings. The summed E-state index contributed by atoms with van der Waals surface area (Å²) in [5.74, 6) is 0.618. The highest BCUT2D eigenvalue weighted by molar-refractivity contribution is 9.10. The van der Waals surface area contributed by atoms with Gasteiger partial charge in [-0.15, -0.1) is 11.8 Å². The fraction of sp³-hybridized carbons (Fsp3) is 0.0769. The number of hydrogen-bond donors (Lipinski definition) is 1. The van der Waals surface area contributed by atoms with Gasteiger partial charge in [0, 0.05) is 32.9 Å². The number of nitrogens with zero attached hydrogens (tertiary/aromatic N) is 1. The zero-order chi connectivity index (χ0) is 14.7. The number of benzene rings is 2. The maximum Gasteiger partial charge on any atom is 0.270 e. The van der Waals surface area contributed by atoms with Gasteiger partial charge in [-0.25, -0.2) is 0 Å². The van der Waals surface area contributed by atoms with Gasteiger partial charge in [-0.05, 0) is 17.7 Å². The van der Waals surface area contributed by atoms with Crippen LogP contribution in [0.5, 0.6) is 0 Å². The van der Waals surface area contributed by atoms with Crippen LogP contribution in [0.3, 0.4) is 0 Å². The van der Waals surface area contributed by atoms with E-state index in [1.54, 1.807) is 24.3 Å². The molecule has 0 fully saturated rings. The van der Waals surface area contributed by atoms with Crippen LogP contribution < -0.4 is 5.73 Å². The Hall–Kier alpha value is -1.24. The van der Waals surface area contributed by atoms with Crippen LogP contribution in [0, 0.1) is 10.1 Å². The molecule has 7 heteroatoms. The Morgan fingerprint density at radius 3 is 2.70 bits per heavy atom. The molecular weight excluding hydrogens is 364 g/mol. The van der Waals surface area contributed by atoms with Gasteiger partial charge in [0.25, 0.3) is 5.69 Å². The first-order chi connectivity index (χ1) is 9.49. The van der Waals surface area contributed by atoms with Crippen LogP contribution in [-0.4, -0.2) is 4.92 Å². The molecule has 0 aliphatic heterocycles. The molecule has 104 valence electrons. The second-order valence-electron chi connectivity index (χ2n) is 3.98. The lowest BCUT2D eigenvalue weighted by Crippen LogP contribution is -1.92. The van der Waals surface area contributed by atoms with Crippen LogP contribution in [-0.2, 0) is 5.75 Å². The number of nitrogens with two attached hydrogens (primary N) is 1. The van der Waals surface area contributed by atoms with Crippen molar-refractivity contribution in [2.75, 3.05) is 5.73 Å². The molecule has 20 heavy (non-hydrogen) atoms. The number of nitro groups is 1. The van der Waals surface area contributed by atoms with E-state index in [-0.39, 0.29) is 5.69 Å². The number of nitrogen functional groups attached to an aromatic ring is 1. The van der Waals surface area contributed by atoms with Crippen molar-refractivity contribution in [1.82, 2.24) is 0 Å². The number of anilines is 1. The van der Waals surface area contributed by atoms with E-state index in [2.05, 4.69) is 15.9 Å². The van der Waals surface area contributed by atoms with Crippen LogP contribution in [0.25, 0.3) is 0 Å². The number of thioether (sulfide) groups is 1. The number of nitro benzene ring substituents is 1. The molecule has 0 aromatic heterocycles. The summed E-state index contributed by atoms with van der Waals surface area (Å²) in [6.07, 6.45) is 0. The Morgan fingerprint density at radius 1 is 1.35 bits per heavy atom. The molecule has 0 radical (unpaired) electrons. The lowest BCUT2D eigenvalue weighted by atomic mass is 10.2. The van der Waals surface area contributed by atoms with Crippen LogP contribution in [0.2, 0.25) is 5.02 Å². The second-order valence-corrected chi connectivity index (χ2v) is 6.23. The third kappa shape index (κ3) is 3.45. The van der Waals surface area contributed by atoms with Crippen molar-refractivity contribution in [2.24, 2.45) is 0 Å². The number of halogens is 2. The Bertz CT molecular complexity index is 647. The summed E-state index contributed by atoms with van der Waals surface area (Å²) in [6, 6.07) is 10.1. The number of hydrogen-bond acceptors (Lipinski definition) is 4. The molecule has 0 saturated carbocycles. The zero-order valence-electron chi connectivity index (χ0n) is 10.2. The SMILES string of the molecule is Nc1cccc(Cl)c1SCc1ccc([N+](=O)[O-])cc1Br. The van der Waals surface area contributed by atoms with Gasteiger partial charge in [-0.3, -0.25) is 10.1 Å². The summed E-state index contributed by atoms with van der Waals surface area (Å²) >= 11 is 10.9.